The molecule has 0 radical (unpaired) electrons. The number of rotatable bonds is 3. The van der Waals surface area contributed by atoms with Crippen LogP contribution in [0.25, 0.3) is 0 Å². The van der Waals surface area contributed by atoms with E-state index >= 15 is 0 Å². The highest BCUT2D eigenvalue weighted by Gasteiger charge is 2.59. The van der Waals surface area contributed by atoms with E-state index in [4.69, 9.17) is 9.47 Å². The van der Waals surface area contributed by atoms with Crippen molar-refractivity contribution in [1.82, 2.24) is 15.5 Å². The fraction of sp³-hybridized carbons (Fsp3) is 0.889. The number of aliphatic imine (C=N–C) groups is 1. The number of hydrogen-bond acceptors (Lipinski definition) is 4. The van der Waals surface area contributed by atoms with Crippen LogP contribution in [0.2, 0.25) is 0 Å². The highest BCUT2D eigenvalue weighted by atomic mass is 127. The number of piperidine rings is 1. The zero-order chi connectivity index (χ0) is 18.0. The zero-order valence-corrected chi connectivity index (χ0v) is 18.6. The molecule has 2 saturated heterocycles. The number of guanidine groups is 1. The Labute approximate surface area is 173 Å². The average Bonchev–Trinajstić information content (AvgIpc) is 3.06. The van der Waals surface area contributed by atoms with Crippen LogP contribution in [0.5, 0.6) is 0 Å². The van der Waals surface area contributed by atoms with Gasteiger partial charge in [-0.15, -0.1) is 24.0 Å². The molecule has 3 aliphatic rings. The van der Waals surface area contributed by atoms with Gasteiger partial charge in [0.2, 0.25) is 0 Å². The van der Waals surface area contributed by atoms with Gasteiger partial charge in [-0.05, 0) is 26.2 Å². The quantitative estimate of drug-likeness (QED) is 0.368. The Morgan fingerprint density at radius 3 is 2.58 bits per heavy atom. The van der Waals surface area contributed by atoms with Gasteiger partial charge in [0.25, 0.3) is 0 Å². The first-order valence-corrected chi connectivity index (χ1v) is 9.50. The number of carbonyl (C=O) groups excluding carboxylic acids is 1. The molecule has 3 fully saturated rings. The van der Waals surface area contributed by atoms with E-state index in [0.29, 0.717) is 30.7 Å². The van der Waals surface area contributed by atoms with Gasteiger partial charge in [-0.3, -0.25) is 4.99 Å². The van der Waals surface area contributed by atoms with Crippen LogP contribution >= 0.6 is 24.0 Å². The molecule has 1 saturated carbocycles. The van der Waals surface area contributed by atoms with Crippen LogP contribution in [0, 0.1) is 11.3 Å². The number of nitrogens with zero attached hydrogens (tertiary/aromatic N) is 2. The summed E-state index contributed by atoms with van der Waals surface area (Å²) in [6.45, 7) is 9.11. The molecule has 0 aromatic heterocycles. The molecule has 3 atom stereocenters. The van der Waals surface area contributed by atoms with Crippen LogP contribution in [0.4, 0.5) is 4.79 Å². The van der Waals surface area contributed by atoms with E-state index in [0.717, 1.165) is 44.9 Å². The third kappa shape index (κ3) is 4.21. The summed E-state index contributed by atoms with van der Waals surface area (Å²) in [7, 11) is 1.82. The van der Waals surface area contributed by atoms with Gasteiger partial charge in [-0.25, -0.2) is 4.79 Å². The van der Waals surface area contributed by atoms with Crippen LogP contribution in [-0.4, -0.2) is 68.5 Å². The molecular formula is C18H33IN4O3. The fourth-order valence-corrected chi connectivity index (χ4v) is 4.55. The van der Waals surface area contributed by atoms with Crippen molar-refractivity contribution >= 4 is 36.0 Å². The van der Waals surface area contributed by atoms with Gasteiger partial charge in [0.15, 0.2) is 5.96 Å². The maximum absolute atomic E-state index is 11.8. The van der Waals surface area contributed by atoms with E-state index in [-0.39, 0.29) is 35.5 Å². The van der Waals surface area contributed by atoms with Crippen molar-refractivity contribution in [3.63, 3.8) is 0 Å². The summed E-state index contributed by atoms with van der Waals surface area (Å²) < 4.78 is 10.9. The number of hydrogen-bond donors (Lipinski definition) is 2. The highest BCUT2D eigenvalue weighted by Crippen LogP contribution is 2.52. The third-order valence-electron chi connectivity index (χ3n) is 5.98. The van der Waals surface area contributed by atoms with E-state index in [9.17, 15) is 4.79 Å². The summed E-state index contributed by atoms with van der Waals surface area (Å²) in [5.41, 5.74) is 0.131. The monoisotopic (exact) mass is 480 g/mol. The van der Waals surface area contributed by atoms with E-state index < -0.39 is 0 Å². The van der Waals surface area contributed by atoms with Gasteiger partial charge in [0.1, 0.15) is 0 Å². The van der Waals surface area contributed by atoms with Crippen molar-refractivity contribution < 1.29 is 14.3 Å². The first-order valence-electron chi connectivity index (χ1n) is 9.50. The molecule has 150 valence electrons. The standard InChI is InChI=1S/C18H32N4O3.HI/c1-5-24-17(23)22-9-6-12(7-10-22)20-16(19-4)21-14-13-8-11-25-15(13)18(14,2)3;/h12-15H,5-11H2,1-4H3,(H2,19,20,21);1H. The van der Waals surface area contributed by atoms with Crippen molar-refractivity contribution in [2.45, 2.75) is 58.2 Å². The molecule has 7 nitrogen and oxygen atoms in total. The van der Waals surface area contributed by atoms with Crippen molar-refractivity contribution in [1.29, 1.82) is 0 Å². The van der Waals surface area contributed by atoms with Crippen LogP contribution < -0.4 is 10.6 Å². The van der Waals surface area contributed by atoms with Crippen LogP contribution in [0.15, 0.2) is 4.99 Å². The second kappa shape index (κ2) is 8.95. The van der Waals surface area contributed by atoms with Gasteiger partial charge < -0.3 is 25.0 Å². The molecule has 2 N–H and O–H groups in total. The molecule has 2 aliphatic heterocycles. The maximum Gasteiger partial charge on any atom is 0.409 e. The minimum atomic E-state index is -0.202. The SMILES string of the molecule is CCOC(=O)N1CCC(NC(=NC)NC2C3CCOC3C2(C)C)CC1.I. The van der Waals surface area contributed by atoms with Crippen LogP contribution in [0.3, 0.4) is 0 Å². The normalized spacial score (nSPS) is 30.7. The lowest BCUT2D eigenvalue weighted by Crippen LogP contribution is -2.68. The van der Waals surface area contributed by atoms with Crippen LogP contribution in [0.1, 0.15) is 40.0 Å². The molecule has 1 aliphatic carbocycles. The lowest BCUT2D eigenvalue weighted by Gasteiger charge is -2.55. The van der Waals surface area contributed by atoms with Crippen molar-refractivity contribution in [2.24, 2.45) is 16.3 Å². The molecule has 26 heavy (non-hydrogen) atoms. The molecule has 3 unspecified atom stereocenters. The summed E-state index contributed by atoms with van der Waals surface area (Å²) in [6.07, 6.45) is 3.11. The number of ether oxygens (including phenoxy) is 2. The minimum absolute atomic E-state index is 0. The number of fused-ring (bicyclic) bond motifs is 1. The van der Waals surface area contributed by atoms with Crippen molar-refractivity contribution in [3.8, 4) is 0 Å². The van der Waals surface area contributed by atoms with E-state index in [1.54, 1.807) is 4.90 Å². The summed E-state index contributed by atoms with van der Waals surface area (Å²) in [6, 6.07) is 0.724. The fourth-order valence-electron chi connectivity index (χ4n) is 4.55. The first kappa shape index (κ1) is 21.5. The molecule has 8 heteroatoms. The second-order valence-electron chi connectivity index (χ2n) is 7.86. The van der Waals surface area contributed by atoms with E-state index in [1.807, 2.05) is 14.0 Å². The van der Waals surface area contributed by atoms with Gasteiger partial charge in [-0.1, -0.05) is 13.8 Å². The minimum Gasteiger partial charge on any atom is -0.450 e. The molecule has 1 amide bonds. The van der Waals surface area contributed by atoms with Gasteiger partial charge in [0.05, 0.1) is 12.7 Å². The number of amides is 1. The third-order valence-corrected chi connectivity index (χ3v) is 5.98. The summed E-state index contributed by atoms with van der Waals surface area (Å²) in [5.74, 6) is 1.44. The summed E-state index contributed by atoms with van der Waals surface area (Å²) in [5, 5.41) is 7.15. The Balaban J connectivity index is 0.00000243. The Bertz CT molecular complexity index is 521. The molecule has 0 spiro atoms. The Hall–Kier alpha value is -0.770. The molecule has 2 heterocycles. The lowest BCUT2D eigenvalue weighted by atomic mass is 9.57. The number of carbonyl (C=O) groups is 1. The largest absolute Gasteiger partial charge is 0.450 e. The van der Waals surface area contributed by atoms with Gasteiger partial charge in [-0.2, -0.15) is 0 Å². The molecular weight excluding hydrogens is 447 g/mol. The maximum atomic E-state index is 11.8. The number of likely N-dealkylation sites (tertiary alicyclic amines) is 1. The predicted octanol–water partition coefficient (Wildman–Crippen LogP) is 2.20. The van der Waals surface area contributed by atoms with Gasteiger partial charge in [0, 0.05) is 50.2 Å². The predicted molar refractivity (Wildman–Crippen MR) is 112 cm³/mol. The van der Waals surface area contributed by atoms with Crippen LogP contribution in [-0.2, 0) is 9.47 Å². The Morgan fingerprint density at radius 2 is 1.96 bits per heavy atom. The second-order valence-corrected chi connectivity index (χ2v) is 7.86. The highest BCUT2D eigenvalue weighted by molar-refractivity contribution is 14.0. The summed E-state index contributed by atoms with van der Waals surface area (Å²) in [4.78, 5) is 18.0. The van der Waals surface area contributed by atoms with Crippen molar-refractivity contribution in [2.75, 3.05) is 33.4 Å². The lowest BCUT2D eigenvalue weighted by molar-refractivity contribution is -0.106. The number of halogens is 1. The zero-order valence-electron chi connectivity index (χ0n) is 16.3. The summed E-state index contributed by atoms with van der Waals surface area (Å²) >= 11 is 0. The molecule has 0 aromatic rings. The molecule has 3 rings (SSSR count). The van der Waals surface area contributed by atoms with E-state index in [2.05, 4.69) is 29.5 Å². The first-order chi connectivity index (χ1) is 12.0. The number of nitrogens with one attached hydrogen (secondary N) is 2. The Morgan fingerprint density at radius 1 is 1.27 bits per heavy atom. The topological polar surface area (TPSA) is 75.2 Å². The Kier molecular flexibility index (Phi) is 7.41. The molecule has 0 bridgehead atoms. The molecule has 0 aromatic carbocycles. The van der Waals surface area contributed by atoms with Crippen molar-refractivity contribution in [3.05, 3.63) is 0 Å². The average molecular weight is 480 g/mol. The van der Waals surface area contributed by atoms with Gasteiger partial charge >= 0.3 is 6.09 Å². The smallest absolute Gasteiger partial charge is 0.409 e. The van der Waals surface area contributed by atoms with E-state index in [1.165, 1.54) is 0 Å².